The lowest BCUT2D eigenvalue weighted by Crippen LogP contribution is -1.89. The summed E-state index contributed by atoms with van der Waals surface area (Å²) in [7, 11) is 0. The smallest absolute Gasteiger partial charge is 0.0236 e. The fourth-order valence-electron chi connectivity index (χ4n) is 1.47. The van der Waals surface area contributed by atoms with E-state index in [4.69, 9.17) is 0 Å². The van der Waals surface area contributed by atoms with Gasteiger partial charge in [-0.25, -0.2) is 0 Å². The molecule has 0 rings (SSSR count). The van der Waals surface area contributed by atoms with Gasteiger partial charge >= 0.3 is 0 Å². The molecule has 0 spiro atoms. The van der Waals surface area contributed by atoms with Crippen molar-refractivity contribution in [3.05, 3.63) is 24.3 Å². The summed E-state index contributed by atoms with van der Waals surface area (Å²) < 4.78 is 0. The molecule has 0 saturated carbocycles. The monoisotopic (exact) mass is 194 g/mol. The lowest BCUT2D eigenvalue weighted by molar-refractivity contribution is 0.606. The van der Waals surface area contributed by atoms with E-state index in [1.165, 1.54) is 38.5 Å². The Morgan fingerprint density at radius 1 is 0.929 bits per heavy atom. The van der Waals surface area contributed by atoms with Crippen LogP contribution in [0.1, 0.15) is 59.3 Å². The highest BCUT2D eigenvalue weighted by Gasteiger charge is 1.94. The summed E-state index contributed by atoms with van der Waals surface area (Å²) in [6, 6.07) is 0. The Morgan fingerprint density at radius 3 is 2.21 bits per heavy atom. The highest BCUT2D eigenvalue weighted by atomic mass is 14.0. The van der Waals surface area contributed by atoms with Crippen LogP contribution in [0.25, 0.3) is 0 Å². The van der Waals surface area contributed by atoms with Gasteiger partial charge in [0.05, 0.1) is 0 Å². The Balaban J connectivity index is 3.48. The minimum Gasteiger partial charge on any atom is -0.0845 e. The SMILES string of the molecule is CCCCCC=CC=CC(CC)CC. The van der Waals surface area contributed by atoms with E-state index in [0.717, 1.165) is 5.92 Å². The van der Waals surface area contributed by atoms with E-state index in [1.807, 2.05) is 0 Å². The van der Waals surface area contributed by atoms with Crippen molar-refractivity contribution in [2.45, 2.75) is 59.3 Å². The second kappa shape index (κ2) is 10.6. The Morgan fingerprint density at radius 2 is 1.64 bits per heavy atom. The topological polar surface area (TPSA) is 0 Å². The minimum absolute atomic E-state index is 0.773. The number of hydrogen-bond donors (Lipinski definition) is 0. The van der Waals surface area contributed by atoms with Gasteiger partial charge in [-0.3, -0.25) is 0 Å². The second-order valence-electron chi connectivity index (χ2n) is 3.89. The fraction of sp³-hybridized carbons (Fsp3) is 0.714. The first-order chi connectivity index (χ1) is 6.85. The number of hydrogen-bond acceptors (Lipinski definition) is 0. The molecule has 0 heterocycles. The van der Waals surface area contributed by atoms with Crippen molar-refractivity contribution in [2.75, 3.05) is 0 Å². The van der Waals surface area contributed by atoms with Crippen LogP contribution >= 0.6 is 0 Å². The van der Waals surface area contributed by atoms with E-state index in [2.05, 4.69) is 45.1 Å². The van der Waals surface area contributed by atoms with Crippen LogP contribution in [0.3, 0.4) is 0 Å². The van der Waals surface area contributed by atoms with Crippen LogP contribution in [0.15, 0.2) is 24.3 Å². The summed E-state index contributed by atoms with van der Waals surface area (Å²) in [5, 5.41) is 0. The molecular weight excluding hydrogens is 168 g/mol. The Bertz CT molecular complexity index is 149. The van der Waals surface area contributed by atoms with E-state index in [1.54, 1.807) is 0 Å². The van der Waals surface area contributed by atoms with E-state index < -0.39 is 0 Å². The molecule has 0 amide bonds. The first kappa shape index (κ1) is 13.5. The molecule has 0 heteroatoms. The molecule has 14 heavy (non-hydrogen) atoms. The van der Waals surface area contributed by atoms with Crippen LogP contribution in [0.2, 0.25) is 0 Å². The Hall–Kier alpha value is -0.520. The van der Waals surface area contributed by atoms with E-state index in [9.17, 15) is 0 Å². The normalized spacial score (nSPS) is 12.3. The maximum atomic E-state index is 2.33. The van der Waals surface area contributed by atoms with Crippen LogP contribution in [-0.4, -0.2) is 0 Å². The maximum Gasteiger partial charge on any atom is -0.0236 e. The first-order valence-electron chi connectivity index (χ1n) is 6.18. The van der Waals surface area contributed by atoms with E-state index in [-0.39, 0.29) is 0 Å². The summed E-state index contributed by atoms with van der Waals surface area (Å²) in [5.41, 5.74) is 0. The molecule has 82 valence electrons. The average Bonchev–Trinajstić information content (AvgIpc) is 2.22. The van der Waals surface area contributed by atoms with Gasteiger partial charge in [0.2, 0.25) is 0 Å². The Kier molecular flexibility index (Phi) is 10.2. The molecule has 0 N–H and O–H groups in total. The molecule has 0 bridgehead atoms. The largest absolute Gasteiger partial charge is 0.0845 e. The quantitative estimate of drug-likeness (QED) is 0.372. The molecule has 0 aliphatic carbocycles. The highest BCUT2D eigenvalue weighted by Crippen LogP contribution is 2.08. The van der Waals surface area contributed by atoms with Crippen molar-refractivity contribution < 1.29 is 0 Å². The van der Waals surface area contributed by atoms with Gasteiger partial charge in [0.15, 0.2) is 0 Å². The zero-order valence-electron chi connectivity index (χ0n) is 10.1. The highest BCUT2D eigenvalue weighted by molar-refractivity contribution is 5.04. The average molecular weight is 194 g/mol. The van der Waals surface area contributed by atoms with Gasteiger partial charge in [0.1, 0.15) is 0 Å². The van der Waals surface area contributed by atoms with Crippen molar-refractivity contribution in [2.24, 2.45) is 5.92 Å². The number of rotatable bonds is 8. The van der Waals surface area contributed by atoms with Gasteiger partial charge in [-0.15, -0.1) is 0 Å². The molecule has 0 saturated heterocycles. The third-order valence-electron chi connectivity index (χ3n) is 2.65. The predicted molar refractivity (Wildman–Crippen MR) is 66.5 cm³/mol. The third kappa shape index (κ3) is 8.10. The molecule has 0 aromatic rings. The van der Waals surface area contributed by atoms with Gasteiger partial charge in [0.25, 0.3) is 0 Å². The zero-order chi connectivity index (χ0) is 10.6. The van der Waals surface area contributed by atoms with Crippen molar-refractivity contribution in [1.82, 2.24) is 0 Å². The molecule has 0 fully saturated rings. The molecule has 0 atom stereocenters. The number of allylic oxidation sites excluding steroid dienone is 4. The van der Waals surface area contributed by atoms with Crippen molar-refractivity contribution >= 4 is 0 Å². The van der Waals surface area contributed by atoms with Gasteiger partial charge in [-0.05, 0) is 31.6 Å². The van der Waals surface area contributed by atoms with Gasteiger partial charge in [-0.1, -0.05) is 57.9 Å². The van der Waals surface area contributed by atoms with Crippen LogP contribution < -0.4 is 0 Å². The summed E-state index contributed by atoms with van der Waals surface area (Å²) in [6.07, 6.45) is 16.8. The molecule has 0 aliphatic rings. The molecule has 0 unspecified atom stereocenters. The number of unbranched alkanes of at least 4 members (excludes halogenated alkanes) is 3. The van der Waals surface area contributed by atoms with Gasteiger partial charge in [0, 0.05) is 0 Å². The van der Waals surface area contributed by atoms with Crippen molar-refractivity contribution in [3.8, 4) is 0 Å². The summed E-state index contributed by atoms with van der Waals surface area (Å²) in [5.74, 6) is 0.773. The predicted octanol–water partition coefficient (Wildman–Crippen LogP) is 5.12. The van der Waals surface area contributed by atoms with Crippen LogP contribution in [0.4, 0.5) is 0 Å². The molecule has 0 aliphatic heterocycles. The molecule has 0 aromatic heterocycles. The van der Waals surface area contributed by atoms with E-state index in [0.29, 0.717) is 0 Å². The molecule has 0 nitrogen and oxygen atoms in total. The summed E-state index contributed by atoms with van der Waals surface area (Å²) in [6.45, 7) is 6.75. The summed E-state index contributed by atoms with van der Waals surface area (Å²) in [4.78, 5) is 0. The van der Waals surface area contributed by atoms with Crippen LogP contribution in [0, 0.1) is 5.92 Å². The zero-order valence-corrected chi connectivity index (χ0v) is 10.1. The lowest BCUT2D eigenvalue weighted by atomic mass is 10.0. The van der Waals surface area contributed by atoms with Crippen molar-refractivity contribution in [1.29, 1.82) is 0 Å². The second-order valence-corrected chi connectivity index (χ2v) is 3.89. The first-order valence-corrected chi connectivity index (χ1v) is 6.18. The van der Waals surface area contributed by atoms with Crippen LogP contribution in [-0.2, 0) is 0 Å². The van der Waals surface area contributed by atoms with Crippen LogP contribution in [0.5, 0.6) is 0 Å². The fourth-order valence-corrected chi connectivity index (χ4v) is 1.47. The standard InChI is InChI=1S/C14H26/c1-4-7-8-9-10-11-12-13-14(5-2)6-3/h10-14H,4-9H2,1-3H3. The maximum absolute atomic E-state index is 2.33. The van der Waals surface area contributed by atoms with Crippen molar-refractivity contribution in [3.63, 3.8) is 0 Å². The summed E-state index contributed by atoms with van der Waals surface area (Å²) >= 11 is 0. The van der Waals surface area contributed by atoms with E-state index >= 15 is 0 Å². The van der Waals surface area contributed by atoms with Gasteiger partial charge in [-0.2, -0.15) is 0 Å². The lowest BCUT2D eigenvalue weighted by Gasteiger charge is -2.03. The molecule has 0 aromatic carbocycles. The Labute approximate surface area is 90.1 Å². The molecular formula is C14H26. The van der Waals surface area contributed by atoms with Gasteiger partial charge < -0.3 is 0 Å². The minimum atomic E-state index is 0.773. The molecule has 0 radical (unpaired) electrons. The third-order valence-corrected chi connectivity index (χ3v) is 2.65.